The summed E-state index contributed by atoms with van der Waals surface area (Å²) in [6.45, 7) is 1.77. The van der Waals surface area contributed by atoms with E-state index >= 15 is 0 Å². The SMILES string of the molecule is CNc1nc([C@H]2C[C@@H]3C[C@@H]3N2C(=O)[C@H](O)[C@@H](O)C(=O)N[C@H](C)c2ccc(-n3cccn3)cc2)cs1. The van der Waals surface area contributed by atoms with E-state index in [1.54, 1.807) is 29.7 Å². The van der Waals surface area contributed by atoms with Crippen LogP contribution in [0.4, 0.5) is 5.13 Å². The van der Waals surface area contributed by atoms with Gasteiger partial charge in [-0.05, 0) is 49.4 Å². The number of thiazole rings is 1. The van der Waals surface area contributed by atoms with Gasteiger partial charge in [0.15, 0.2) is 17.3 Å². The van der Waals surface area contributed by atoms with Gasteiger partial charge in [-0.15, -0.1) is 11.3 Å². The Bertz CT molecular complexity index is 1200. The lowest BCUT2D eigenvalue weighted by Crippen LogP contribution is -2.51. The van der Waals surface area contributed by atoms with E-state index in [4.69, 9.17) is 0 Å². The van der Waals surface area contributed by atoms with E-state index in [9.17, 15) is 19.8 Å². The van der Waals surface area contributed by atoms with Crippen LogP contribution in [0.25, 0.3) is 5.69 Å². The molecule has 0 bridgehead atoms. The van der Waals surface area contributed by atoms with Crippen LogP contribution in [-0.4, -0.2) is 67.0 Å². The molecule has 1 saturated heterocycles. The van der Waals surface area contributed by atoms with Gasteiger partial charge in [-0.3, -0.25) is 9.59 Å². The number of aliphatic hydroxyl groups excluding tert-OH is 2. The number of aromatic nitrogens is 3. The number of anilines is 1. The molecule has 0 spiro atoms. The highest BCUT2D eigenvalue weighted by atomic mass is 32.1. The zero-order valence-electron chi connectivity index (χ0n) is 19.4. The number of nitrogens with zero attached hydrogens (tertiary/aromatic N) is 4. The number of likely N-dealkylation sites (tertiary alicyclic amines) is 1. The zero-order chi connectivity index (χ0) is 24.7. The molecule has 1 saturated carbocycles. The van der Waals surface area contributed by atoms with Crippen LogP contribution in [0.1, 0.15) is 43.1 Å². The summed E-state index contributed by atoms with van der Waals surface area (Å²) < 4.78 is 1.72. The normalized spacial score (nSPS) is 23.3. The number of rotatable bonds is 8. The molecule has 3 aromatic rings. The lowest BCUT2D eigenvalue weighted by atomic mass is 10.1. The Morgan fingerprint density at radius 3 is 2.60 bits per heavy atom. The first-order valence-electron chi connectivity index (χ1n) is 11.6. The molecular formula is C24H28N6O4S. The van der Waals surface area contributed by atoms with Crippen LogP contribution in [0.2, 0.25) is 0 Å². The summed E-state index contributed by atoms with van der Waals surface area (Å²) in [6.07, 6.45) is 1.42. The van der Waals surface area contributed by atoms with Gasteiger partial charge in [-0.25, -0.2) is 9.67 Å². The van der Waals surface area contributed by atoms with Crippen LogP contribution in [0.3, 0.4) is 0 Å². The number of aliphatic hydroxyl groups is 2. The maximum atomic E-state index is 13.2. The molecule has 11 heteroatoms. The van der Waals surface area contributed by atoms with Gasteiger partial charge < -0.3 is 25.7 Å². The molecule has 184 valence electrons. The van der Waals surface area contributed by atoms with Gasteiger partial charge in [-0.2, -0.15) is 5.10 Å². The number of hydrogen-bond acceptors (Lipinski definition) is 8. The fraction of sp³-hybridized carbons (Fsp3) is 0.417. The van der Waals surface area contributed by atoms with Crippen molar-refractivity contribution in [3.05, 3.63) is 59.4 Å². The minimum atomic E-state index is -1.88. The molecule has 2 fully saturated rings. The van der Waals surface area contributed by atoms with Crippen molar-refractivity contribution < 1.29 is 19.8 Å². The average Bonchev–Trinajstić information content (AvgIpc) is 3.30. The fourth-order valence-electron chi connectivity index (χ4n) is 4.74. The Balaban J connectivity index is 1.22. The lowest BCUT2D eigenvalue weighted by molar-refractivity contribution is -0.155. The Morgan fingerprint density at radius 1 is 1.17 bits per heavy atom. The summed E-state index contributed by atoms with van der Waals surface area (Å²) in [5.41, 5.74) is 2.45. The minimum absolute atomic E-state index is 0.0179. The molecule has 1 aromatic carbocycles. The molecule has 1 aliphatic carbocycles. The first-order chi connectivity index (χ1) is 16.9. The molecule has 35 heavy (non-hydrogen) atoms. The maximum absolute atomic E-state index is 13.2. The molecule has 2 aliphatic rings. The van der Waals surface area contributed by atoms with Gasteiger partial charge in [0, 0.05) is 30.9 Å². The monoisotopic (exact) mass is 496 g/mol. The molecule has 5 rings (SSSR count). The molecule has 0 radical (unpaired) electrons. The van der Waals surface area contributed by atoms with Crippen molar-refractivity contribution in [3.8, 4) is 5.69 Å². The Morgan fingerprint density at radius 2 is 1.94 bits per heavy atom. The molecule has 1 aliphatic heterocycles. The van der Waals surface area contributed by atoms with E-state index in [0.29, 0.717) is 5.92 Å². The van der Waals surface area contributed by atoms with E-state index in [0.717, 1.165) is 34.9 Å². The van der Waals surface area contributed by atoms with E-state index < -0.39 is 30.1 Å². The van der Waals surface area contributed by atoms with E-state index in [1.165, 1.54) is 11.3 Å². The number of amides is 2. The highest BCUT2D eigenvalue weighted by molar-refractivity contribution is 7.13. The van der Waals surface area contributed by atoms with Crippen LogP contribution in [0, 0.1) is 5.92 Å². The summed E-state index contributed by atoms with van der Waals surface area (Å²) >= 11 is 1.45. The standard InChI is InChI=1S/C24H28N6O4S/c1-13(14-4-6-16(7-5-14)29-9-3-8-26-29)27-22(33)20(31)21(32)23(34)30-18-10-15(18)11-19(30)17-12-35-24(25-2)28-17/h3-9,12-13,15,18-21,31-32H,10-11H2,1-2H3,(H,25,28)(H,27,33)/t13-,15+,18+,19-,20-,21-/m1/s1. The highest BCUT2D eigenvalue weighted by Gasteiger charge is 2.56. The van der Waals surface area contributed by atoms with Crippen LogP contribution in [0.15, 0.2) is 48.1 Å². The molecule has 3 heterocycles. The quantitative estimate of drug-likeness (QED) is 0.373. The van der Waals surface area contributed by atoms with Crippen LogP contribution >= 0.6 is 11.3 Å². The smallest absolute Gasteiger partial charge is 0.255 e. The second kappa shape index (κ2) is 9.40. The third-order valence-electron chi connectivity index (χ3n) is 6.78. The van der Waals surface area contributed by atoms with E-state index in [-0.39, 0.29) is 12.1 Å². The molecule has 0 unspecified atom stereocenters. The molecule has 2 aromatic heterocycles. The van der Waals surface area contributed by atoms with Crippen LogP contribution in [-0.2, 0) is 9.59 Å². The lowest BCUT2D eigenvalue weighted by Gasteiger charge is -2.30. The Labute approximate surface area is 206 Å². The van der Waals surface area contributed by atoms with Crippen molar-refractivity contribution in [2.75, 3.05) is 12.4 Å². The van der Waals surface area contributed by atoms with Gasteiger partial charge in [0.25, 0.3) is 11.8 Å². The number of carbonyl (C=O) groups excluding carboxylic acids is 2. The number of fused-ring (bicyclic) bond motifs is 1. The Kier molecular flexibility index (Phi) is 6.30. The summed E-state index contributed by atoms with van der Waals surface area (Å²) in [7, 11) is 1.78. The van der Waals surface area contributed by atoms with Gasteiger partial charge in [0.05, 0.1) is 23.5 Å². The first kappa shape index (κ1) is 23.5. The third-order valence-corrected chi connectivity index (χ3v) is 7.66. The van der Waals surface area contributed by atoms with Crippen LogP contribution < -0.4 is 10.6 Å². The Hall–Kier alpha value is -3.28. The largest absolute Gasteiger partial charge is 0.380 e. The predicted molar refractivity (Wildman–Crippen MR) is 130 cm³/mol. The number of piperidine rings is 1. The van der Waals surface area contributed by atoms with Gasteiger partial charge in [-0.1, -0.05) is 12.1 Å². The number of hydrogen-bond donors (Lipinski definition) is 4. The third kappa shape index (κ3) is 4.54. The van der Waals surface area contributed by atoms with Crippen LogP contribution in [0.5, 0.6) is 0 Å². The topological polar surface area (TPSA) is 133 Å². The summed E-state index contributed by atoms with van der Waals surface area (Å²) in [5.74, 6) is -1.08. The molecule has 4 N–H and O–H groups in total. The van der Waals surface area contributed by atoms with Crippen molar-refractivity contribution in [2.45, 2.75) is 50.1 Å². The van der Waals surface area contributed by atoms with Gasteiger partial charge >= 0.3 is 0 Å². The van der Waals surface area contributed by atoms with E-state index in [1.807, 2.05) is 41.9 Å². The van der Waals surface area contributed by atoms with Crippen molar-refractivity contribution >= 4 is 28.3 Å². The van der Waals surface area contributed by atoms with Crippen molar-refractivity contribution in [1.82, 2.24) is 25.0 Å². The number of carbonyl (C=O) groups is 2. The fourth-order valence-corrected chi connectivity index (χ4v) is 5.46. The van der Waals surface area contributed by atoms with Gasteiger partial charge in [0.1, 0.15) is 0 Å². The molecular weight excluding hydrogens is 468 g/mol. The summed E-state index contributed by atoms with van der Waals surface area (Å²) in [6, 6.07) is 8.60. The minimum Gasteiger partial charge on any atom is -0.380 e. The average molecular weight is 497 g/mol. The van der Waals surface area contributed by atoms with Crippen molar-refractivity contribution in [2.24, 2.45) is 5.92 Å². The summed E-state index contributed by atoms with van der Waals surface area (Å²) in [4.78, 5) is 32.0. The van der Waals surface area contributed by atoms with Crippen molar-refractivity contribution in [1.29, 1.82) is 0 Å². The van der Waals surface area contributed by atoms with Gasteiger partial charge in [0.2, 0.25) is 0 Å². The summed E-state index contributed by atoms with van der Waals surface area (Å²) in [5, 5.41) is 33.7. The number of benzene rings is 1. The van der Waals surface area contributed by atoms with E-state index in [2.05, 4.69) is 20.7 Å². The number of nitrogens with one attached hydrogen (secondary N) is 2. The second-order valence-electron chi connectivity index (χ2n) is 9.05. The molecule has 6 atom stereocenters. The first-order valence-corrected chi connectivity index (χ1v) is 12.5. The maximum Gasteiger partial charge on any atom is 0.255 e. The predicted octanol–water partition coefficient (Wildman–Crippen LogP) is 1.63. The second-order valence-corrected chi connectivity index (χ2v) is 9.91. The molecule has 10 nitrogen and oxygen atoms in total. The molecule has 2 amide bonds. The highest BCUT2D eigenvalue weighted by Crippen LogP contribution is 2.53. The van der Waals surface area contributed by atoms with Crippen molar-refractivity contribution in [3.63, 3.8) is 0 Å². The zero-order valence-corrected chi connectivity index (χ0v) is 20.2.